The molecule has 2 rings (SSSR count). The molecule has 0 saturated carbocycles. The van der Waals surface area contributed by atoms with Crippen LogP contribution in [0.15, 0.2) is 36.4 Å². The number of aryl methyl sites for hydroxylation is 3. The van der Waals surface area contributed by atoms with Gasteiger partial charge in [0.15, 0.2) is 6.10 Å². The highest BCUT2D eigenvalue weighted by atomic mass is 16.5. The number of nitrogens with one attached hydrogen (secondary N) is 1. The Kier molecular flexibility index (Phi) is 5.80. The summed E-state index contributed by atoms with van der Waals surface area (Å²) in [5.74, 6) is -0.562. The van der Waals surface area contributed by atoms with Gasteiger partial charge in [0, 0.05) is 5.69 Å². The van der Waals surface area contributed by atoms with Gasteiger partial charge in [-0.2, -0.15) is 0 Å². The molecule has 0 spiro atoms. The molecule has 0 saturated heterocycles. The van der Waals surface area contributed by atoms with Crippen LogP contribution in [0.5, 0.6) is 5.75 Å². The monoisotopic (exact) mass is 341 g/mol. The highest BCUT2D eigenvalue weighted by Crippen LogP contribution is 2.21. The topological polar surface area (TPSA) is 64.6 Å². The predicted molar refractivity (Wildman–Crippen MR) is 97.2 cm³/mol. The zero-order valence-corrected chi connectivity index (χ0v) is 15.2. The standard InChI is InChI=1S/C20H23NO4/c1-12-6-8-17(14(3)10-12)21-19(22)15(4)25-20(23)16-11-13(2)7-9-18(16)24-5/h6-11,15H,1-5H3,(H,21,22)/t15-/m0/s1. The van der Waals surface area contributed by atoms with Crippen LogP contribution in [0.1, 0.15) is 34.0 Å². The lowest BCUT2D eigenvalue weighted by molar-refractivity contribution is -0.123. The van der Waals surface area contributed by atoms with Gasteiger partial charge in [-0.15, -0.1) is 0 Å². The fourth-order valence-corrected chi connectivity index (χ4v) is 2.45. The Morgan fingerprint density at radius 3 is 2.28 bits per heavy atom. The van der Waals surface area contributed by atoms with Crippen molar-refractivity contribution in [2.45, 2.75) is 33.8 Å². The molecule has 0 heterocycles. The number of benzene rings is 2. The zero-order valence-electron chi connectivity index (χ0n) is 15.2. The molecule has 0 aliphatic carbocycles. The van der Waals surface area contributed by atoms with E-state index >= 15 is 0 Å². The number of hydrogen-bond acceptors (Lipinski definition) is 4. The Balaban J connectivity index is 2.08. The summed E-state index contributed by atoms with van der Waals surface area (Å²) >= 11 is 0. The van der Waals surface area contributed by atoms with Gasteiger partial charge in [-0.05, 0) is 51.5 Å². The normalized spacial score (nSPS) is 11.6. The molecule has 1 atom stereocenters. The van der Waals surface area contributed by atoms with Crippen LogP contribution in [0.3, 0.4) is 0 Å². The van der Waals surface area contributed by atoms with E-state index in [0.717, 1.165) is 16.7 Å². The van der Waals surface area contributed by atoms with E-state index in [1.54, 1.807) is 19.1 Å². The number of hydrogen-bond donors (Lipinski definition) is 1. The van der Waals surface area contributed by atoms with Crippen LogP contribution in [0, 0.1) is 20.8 Å². The molecule has 25 heavy (non-hydrogen) atoms. The van der Waals surface area contributed by atoms with E-state index in [2.05, 4.69) is 5.32 Å². The largest absolute Gasteiger partial charge is 0.496 e. The van der Waals surface area contributed by atoms with Gasteiger partial charge in [0.05, 0.1) is 7.11 Å². The zero-order chi connectivity index (χ0) is 18.6. The van der Waals surface area contributed by atoms with Crippen LogP contribution in [-0.2, 0) is 9.53 Å². The quantitative estimate of drug-likeness (QED) is 0.840. The first kappa shape index (κ1) is 18.5. The second kappa shape index (κ2) is 7.83. The molecule has 2 aromatic carbocycles. The lowest BCUT2D eigenvalue weighted by atomic mass is 10.1. The van der Waals surface area contributed by atoms with Gasteiger partial charge in [-0.1, -0.05) is 29.3 Å². The van der Waals surface area contributed by atoms with Crippen molar-refractivity contribution in [2.24, 2.45) is 0 Å². The van der Waals surface area contributed by atoms with Crippen LogP contribution in [0.25, 0.3) is 0 Å². The maximum absolute atomic E-state index is 12.4. The second-order valence-electron chi connectivity index (χ2n) is 6.06. The van der Waals surface area contributed by atoms with Crippen molar-refractivity contribution in [3.05, 3.63) is 58.7 Å². The molecule has 0 aliphatic rings. The summed E-state index contributed by atoms with van der Waals surface area (Å²) in [6.07, 6.45) is -0.932. The van der Waals surface area contributed by atoms with Crippen molar-refractivity contribution in [3.8, 4) is 5.75 Å². The number of amides is 1. The SMILES string of the molecule is COc1ccc(C)cc1C(=O)O[C@@H](C)C(=O)Nc1ccc(C)cc1C. The summed E-state index contributed by atoms with van der Waals surface area (Å²) in [5, 5.41) is 2.79. The molecule has 0 aliphatic heterocycles. The number of rotatable bonds is 5. The van der Waals surface area contributed by atoms with E-state index in [9.17, 15) is 9.59 Å². The van der Waals surface area contributed by atoms with Crippen molar-refractivity contribution in [3.63, 3.8) is 0 Å². The number of carbonyl (C=O) groups excluding carboxylic acids is 2. The lowest BCUT2D eigenvalue weighted by Gasteiger charge is -2.16. The third-order valence-corrected chi connectivity index (χ3v) is 3.87. The van der Waals surface area contributed by atoms with E-state index in [1.807, 2.05) is 45.0 Å². The Morgan fingerprint density at radius 1 is 1.00 bits per heavy atom. The Morgan fingerprint density at radius 2 is 1.64 bits per heavy atom. The number of methoxy groups -OCH3 is 1. The van der Waals surface area contributed by atoms with E-state index in [1.165, 1.54) is 7.11 Å². The summed E-state index contributed by atoms with van der Waals surface area (Å²) in [6.45, 7) is 7.31. The second-order valence-corrected chi connectivity index (χ2v) is 6.06. The molecular weight excluding hydrogens is 318 g/mol. The Hall–Kier alpha value is -2.82. The third-order valence-electron chi connectivity index (χ3n) is 3.87. The van der Waals surface area contributed by atoms with Crippen LogP contribution < -0.4 is 10.1 Å². The maximum atomic E-state index is 12.4. The summed E-state index contributed by atoms with van der Waals surface area (Å²) in [6, 6.07) is 10.9. The maximum Gasteiger partial charge on any atom is 0.342 e. The highest BCUT2D eigenvalue weighted by molar-refractivity contribution is 5.98. The smallest absolute Gasteiger partial charge is 0.342 e. The van der Waals surface area contributed by atoms with Gasteiger partial charge in [0.25, 0.3) is 5.91 Å². The molecule has 2 aromatic rings. The molecule has 0 unspecified atom stereocenters. The number of carbonyl (C=O) groups is 2. The third kappa shape index (κ3) is 4.59. The molecule has 5 heteroatoms. The summed E-state index contributed by atoms with van der Waals surface area (Å²) in [4.78, 5) is 24.7. The van der Waals surface area contributed by atoms with E-state index in [4.69, 9.17) is 9.47 Å². The summed E-state index contributed by atoms with van der Waals surface area (Å²) in [7, 11) is 1.48. The Bertz CT molecular complexity index is 798. The summed E-state index contributed by atoms with van der Waals surface area (Å²) < 4.78 is 10.5. The van der Waals surface area contributed by atoms with E-state index in [0.29, 0.717) is 17.0 Å². The van der Waals surface area contributed by atoms with Gasteiger partial charge in [0.2, 0.25) is 0 Å². The van der Waals surface area contributed by atoms with Crippen LogP contribution in [0.2, 0.25) is 0 Å². The Labute approximate surface area is 148 Å². The first-order valence-electron chi connectivity index (χ1n) is 8.05. The molecular formula is C20H23NO4. The number of ether oxygens (including phenoxy) is 2. The van der Waals surface area contributed by atoms with Gasteiger partial charge < -0.3 is 14.8 Å². The first-order valence-corrected chi connectivity index (χ1v) is 8.05. The van der Waals surface area contributed by atoms with Crippen molar-refractivity contribution in [2.75, 3.05) is 12.4 Å². The van der Waals surface area contributed by atoms with Gasteiger partial charge in [-0.3, -0.25) is 4.79 Å². The van der Waals surface area contributed by atoms with Crippen LogP contribution in [0.4, 0.5) is 5.69 Å². The minimum Gasteiger partial charge on any atom is -0.496 e. The minimum atomic E-state index is -0.932. The van der Waals surface area contributed by atoms with Crippen molar-refractivity contribution in [1.29, 1.82) is 0 Å². The molecule has 5 nitrogen and oxygen atoms in total. The summed E-state index contributed by atoms with van der Waals surface area (Å²) in [5.41, 5.74) is 3.97. The molecule has 0 fully saturated rings. The predicted octanol–water partition coefficient (Wildman–Crippen LogP) is 3.80. The number of esters is 1. The minimum absolute atomic E-state index is 0.300. The van der Waals surface area contributed by atoms with Crippen LogP contribution in [-0.4, -0.2) is 25.1 Å². The highest BCUT2D eigenvalue weighted by Gasteiger charge is 2.22. The van der Waals surface area contributed by atoms with Gasteiger partial charge >= 0.3 is 5.97 Å². The molecule has 1 amide bonds. The molecule has 1 N–H and O–H groups in total. The van der Waals surface area contributed by atoms with Gasteiger partial charge in [0.1, 0.15) is 11.3 Å². The average Bonchev–Trinajstić information content (AvgIpc) is 2.57. The average molecular weight is 341 g/mol. The fourth-order valence-electron chi connectivity index (χ4n) is 2.45. The van der Waals surface area contributed by atoms with E-state index in [-0.39, 0.29) is 5.91 Å². The lowest BCUT2D eigenvalue weighted by Crippen LogP contribution is -2.30. The number of anilines is 1. The molecule has 0 radical (unpaired) electrons. The molecule has 132 valence electrons. The van der Waals surface area contributed by atoms with Crippen LogP contribution >= 0.6 is 0 Å². The molecule has 0 bridgehead atoms. The fraction of sp³-hybridized carbons (Fsp3) is 0.300. The van der Waals surface area contributed by atoms with Gasteiger partial charge in [-0.25, -0.2) is 4.79 Å². The van der Waals surface area contributed by atoms with Crippen molar-refractivity contribution < 1.29 is 19.1 Å². The molecule has 0 aromatic heterocycles. The first-order chi connectivity index (χ1) is 11.8. The van der Waals surface area contributed by atoms with E-state index < -0.39 is 12.1 Å². The van der Waals surface area contributed by atoms with Crippen molar-refractivity contribution >= 4 is 17.6 Å². The van der Waals surface area contributed by atoms with Crippen molar-refractivity contribution in [1.82, 2.24) is 0 Å².